The number of allylic oxidation sites excluding steroid dienone is 2. The maximum absolute atomic E-state index is 13.3. The van der Waals surface area contributed by atoms with Gasteiger partial charge in [-0.2, -0.15) is 0 Å². The lowest BCUT2D eigenvalue weighted by Crippen LogP contribution is -2.36. The highest BCUT2D eigenvalue weighted by Crippen LogP contribution is 2.21. The van der Waals surface area contributed by atoms with Gasteiger partial charge in [0.2, 0.25) is 0 Å². The molecule has 3 rings (SSSR count). The zero-order valence-corrected chi connectivity index (χ0v) is 17.7. The number of fused-ring (bicyclic) bond motifs is 1. The molecule has 0 atom stereocenters. The molecular weight excluding hydrogens is 393 g/mol. The van der Waals surface area contributed by atoms with E-state index >= 15 is 0 Å². The van der Waals surface area contributed by atoms with Gasteiger partial charge < -0.3 is 16.0 Å². The Labute approximate surface area is 182 Å². The third-order valence-electron chi connectivity index (χ3n) is 5.02. The lowest BCUT2D eigenvalue weighted by atomic mass is 10.1. The van der Waals surface area contributed by atoms with Crippen molar-refractivity contribution < 1.29 is 9.18 Å². The van der Waals surface area contributed by atoms with Crippen LogP contribution in [0, 0.1) is 12.7 Å². The van der Waals surface area contributed by atoms with Crippen molar-refractivity contribution in [2.45, 2.75) is 26.2 Å². The molecule has 31 heavy (non-hydrogen) atoms. The minimum Gasteiger partial charge on any atom is -0.370 e. The zero-order chi connectivity index (χ0) is 22.1. The van der Waals surface area contributed by atoms with Gasteiger partial charge in [-0.1, -0.05) is 18.2 Å². The molecule has 1 aromatic heterocycles. The van der Waals surface area contributed by atoms with E-state index in [0.717, 1.165) is 42.0 Å². The molecule has 0 unspecified atom stereocenters. The summed E-state index contributed by atoms with van der Waals surface area (Å²) in [5.41, 5.74) is 4.46. The van der Waals surface area contributed by atoms with E-state index in [4.69, 9.17) is 0 Å². The Morgan fingerprint density at radius 2 is 2.19 bits per heavy atom. The van der Waals surface area contributed by atoms with Gasteiger partial charge in [0, 0.05) is 37.3 Å². The molecule has 0 bridgehead atoms. The fraction of sp³-hybridized carbons (Fsp3) is 0.292. The fourth-order valence-electron chi connectivity index (χ4n) is 3.40. The van der Waals surface area contributed by atoms with E-state index in [9.17, 15) is 9.18 Å². The lowest BCUT2D eigenvalue weighted by Gasteiger charge is -2.17. The number of hydrogen-bond acceptors (Lipinski definition) is 4. The van der Waals surface area contributed by atoms with Crippen molar-refractivity contribution in [3.8, 4) is 0 Å². The average molecular weight is 422 g/mol. The summed E-state index contributed by atoms with van der Waals surface area (Å²) in [6.45, 7) is 7.24. The van der Waals surface area contributed by atoms with Crippen LogP contribution < -0.4 is 16.0 Å². The number of aryl methyl sites for hydroxylation is 2. The van der Waals surface area contributed by atoms with Crippen molar-refractivity contribution in [3.63, 3.8) is 0 Å². The van der Waals surface area contributed by atoms with Crippen LogP contribution in [0.25, 0.3) is 5.70 Å². The predicted molar refractivity (Wildman–Crippen MR) is 124 cm³/mol. The van der Waals surface area contributed by atoms with Crippen molar-refractivity contribution in [3.05, 3.63) is 76.8 Å². The molecule has 1 aliphatic rings. The number of aliphatic imine (C=N–C) groups is 1. The lowest BCUT2D eigenvalue weighted by molar-refractivity contribution is 0.242. The Morgan fingerprint density at radius 3 is 3.00 bits per heavy atom. The second-order valence-electron chi connectivity index (χ2n) is 7.32. The predicted octanol–water partition coefficient (Wildman–Crippen LogP) is 4.03. The van der Waals surface area contributed by atoms with Crippen molar-refractivity contribution in [1.82, 2.24) is 15.6 Å². The summed E-state index contributed by atoms with van der Waals surface area (Å²) in [6, 6.07) is 8.43. The molecule has 2 heterocycles. The number of anilines is 1. The number of benzene rings is 1. The summed E-state index contributed by atoms with van der Waals surface area (Å²) in [4.78, 5) is 20.6. The van der Waals surface area contributed by atoms with Crippen molar-refractivity contribution in [2.75, 3.05) is 25.0 Å². The van der Waals surface area contributed by atoms with Crippen LogP contribution >= 0.6 is 0 Å². The van der Waals surface area contributed by atoms with E-state index in [1.807, 2.05) is 13.0 Å². The average Bonchev–Trinajstić information content (AvgIpc) is 2.77. The summed E-state index contributed by atoms with van der Waals surface area (Å²) in [5, 5.41) is 8.93. The first-order valence-corrected chi connectivity index (χ1v) is 10.4. The smallest absolute Gasteiger partial charge is 0.315 e. The summed E-state index contributed by atoms with van der Waals surface area (Å²) in [6.07, 6.45) is 8.25. The quantitative estimate of drug-likeness (QED) is 0.445. The molecule has 162 valence electrons. The molecule has 0 aliphatic carbocycles. The van der Waals surface area contributed by atoms with Gasteiger partial charge in [0.25, 0.3) is 0 Å². The van der Waals surface area contributed by atoms with Gasteiger partial charge in [0.15, 0.2) is 0 Å². The van der Waals surface area contributed by atoms with Crippen LogP contribution in [-0.4, -0.2) is 37.4 Å². The number of rotatable bonds is 8. The molecule has 0 spiro atoms. The number of aromatic nitrogens is 1. The largest absolute Gasteiger partial charge is 0.370 e. The Bertz CT molecular complexity index is 999. The van der Waals surface area contributed by atoms with Gasteiger partial charge >= 0.3 is 6.03 Å². The van der Waals surface area contributed by atoms with Gasteiger partial charge in [0.1, 0.15) is 11.6 Å². The Kier molecular flexibility index (Phi) is 7.92. The molecule has 3 N–H and O–H groups in total. The minimum absolute atomic E-state index is 0.235. The Balaban J connectivity index is 1.40. The first kappa shape index (κ1) is 22.2. The van der Waals surface area contributed by atoms with Crippen LogP contribution in [-0.2, 0) is 12.8 Å². The number of pyridine rings is 1. The van der Waals surface area contributed by atoms with Gasteiger partial charge in [-0.3, -0.25) is 4.99 Å². The topological polar surface area (TPSA) is 78.4 Å². The van der Waals surface area contributed by atoms with Crippen molar-refractivity contribution >= 4 is 24.3 Å². The number of carbonyl (C=O) groups is 1. The van der Waals surface area contributed by atoms with Crippen LogP contribution in [0.15, 0.2) is 53.6 Å². The van der Waals surface area contributed by atoms with Crippen molar-refractivity contribution in [2.24, 2.45) is 4.99 Å². The highest BCUT2D eigenvalue weighted by molar-refractivity contribution is 5.74. The van der Waals surface area contributed by atoms with Crippen LogP contribution in [0.1, 0.15) is 28.8 Å². The van der Waals surface area contributed by atoms with E-state index in [2.05, 4.69) is 38.7 Å². The number of amides is 2. The molecule has 1 aliphatic heterocycles. The SMILES string of the molecule is C=N/C(=C\C=C/CNC(=O)NCCc1ccc2c(n1)NCCC2)c1ccc(F)cc1C. The van der Waals surface area contributed by atoms with E-state index in [1.165, 1.54) is 17.7 Å². The minimum atomic E-state index is -0.283. The molecule has 7 heteroatoms. The van der Waals surface area contributed by atoms with E-state index in [-0.39, 0.29) is 11.8 Å². The van der Waals surface area contributed by atoms with Gasteiger partial charge in [-0.15, -0.1) is 0 Å². The van der Waals surface area contributed by atoms with E-state index in [0.29, 0.717) is 25.2 Å². The van der Waals surface area contributed by atoms with Crippen LogP contribution in [0.5, 0.6) is 0 Å². The second-order valence-corrected chi connectivity index (χ2v) is 7.32. The zero-order valence-electron chi connectivity index (χ0n) is 17.7. The highest BCUT2D eigenvalue weighted by atomic mass is 19.1. The van der Waals surface area contributed by atoms with Crippen molar-refractivity contribution in [1.29, 1.82) is 0 Å². The molecule has 0 saturated carbocycles. The summed E-state index contributed by atoms with van der Waals surface area (Å²) >= 11 is 0. The van der Waals surface area contributed by atoms with E-state index < -0.39 is 0 Å². The van der Waals surface area contributed by atoms with Gasteiger partial charge in [0.05, 0.1) is 5.70 Å². The summed E-state index contributed by atoms with van der Waals surface area (Å²) in [7, 11) is 0. The number of halogens is 1. The number of nitrogens with one attached hydrogen (secondary N) is 3. The first-order valence-electron chi connectivity index (χ1n) is 10.4. The fourth-order valence-corrected chi connectivity index (χ4v) is 3.40. The standard InChI is InChI=1S/C24H28FN5O/c1-17-16-19(25)9-11-21(17)22(26-2)7-3-4-13-28-24(31)29-15-12-20-10-8-18-6-5-14-27-23(18)30-20/h3-4,7-11,16H,2,5-6,12-15H2,1H3,(H,27,30)(H2,28,29,31)/b4-3-,22-7-. The maximum atomic E-state index is 13.3. The molecule has 0 radical (unpaired) electrons. The molecule has 1 aromatic carbocycles. The monoisotopic (exact) mass is 421 g/mol. The molecule has 0 saturated heterocycles. The van der Waals surface area contributed by atoms with Gasteiger partial charge in [-0.05, 0) is 68.0 Å². The maximum Gasteiger partial charge on any atom is 0.315 e. The number of nitrogens with zero attached hydrogens (tertiary/aromatic N) is 2. The number of carbonyl (C=O) groups excluding carboxylic acids is 1. The first-order chi connectivity index (χ1) is 15.1. The molecule has 6 nitrogen and oxygen atoms in total. The Hall–Kier alpha value is -3.48. The Morgan fingerprint density at radius 1 is 1.32 bits per heavy atom. The van der Waals surface area contributed by atoms with Crippen LogP contribution in [0.3, 0.4) is 0 Å². The molecular formula is C24H28FN5O. The normalized spacial score (nSPS) is 13.4. The van der Waals surface area contributed by atoms with Gasteiger partial charge in [-0.25, -0.2) is 14.2 Å². The van der Waals surface area contributed by atoms with Crippen LogP contribution in [0.4, 0.5) is 15.0 Å². The molecule has 0 fully saturated rings. The molecule has 2 aromatic rings. The molecule has 2 amide bonds. The second kappa shape index (κ2) is 11.1. The van der Waals surface area contributed by atoms with E-state index in [1.54, 1.807) is 24.3 Å². The van der Waals surface area contributed by atoms with Crippen LogP contribution in [0.2, 0.25) is 0 Å². The number of urea groups is 1. The third-order valence-corrected chi connectivity index (χ3v) is 5.02. The number of hydrogen-bond donors (Lipinski definition) is 3. The summed E-state index contributed by atoms with van der Waals surface area (Å²) in [5.74, 6) is 0.685. The highest BCUT2D eigenvalue weighted by Gasteiger charge is 2.10. The third kappa shape index (κ3) is 6.50. The summed E-state index contributed by atoms with van der Waals surface area (Å²) < 4.78 is 13.3.